The summed E-state index contributed by atoms with van der Waals surface area (Å²) in [5, 5.41) is 32.2. The molecule has 7 atom stereocenters. The number of carbonyl (C=O) groups is 6. The number of para-hydroxylation sites is 1. The fourth-order valence-electron chi connectivity index (χ4n) is 6.72. The summed E-state index contributed by atoms with van der Waals surface area (Å²) in [7, 11) is 1.43. The highest BCUT2D eigenvalue weighted by atomic mass is 16.4. The van der Waals surface area contributed by atoms with Crippen LogP contribution in [0, 0.1) is 0 Å². The molecule has 11 N–H and O–H groups in total. The average molecular weight is 813 g/mol. The van der Waals surface area contributed by atoms with Crippen LogP contribution in [0.15, 0.2) is 91.1 Å². The minimum absolute atomic E-state index is 0.0126. The Bertz CT molecular complexity index is 2020. The van der Waals surface area contributed by atoms with Crippen LogP contribution in [0.25, 0.3) is 10.9 Å². The molecule has 16 heteroatoms. The van der Waals surface area contributed by atoms with Gasteiger partial charge in [0.15, 0.2) is 0 Å². The molecule has 1 aromatic heterocycles. The summed E-state index contributed by atoms with van der Waals surface area (Å²) in [6.45, 7) is 3.09. The van der Waals surface area contributed by atoms with E-state index in [-0.39, 0.29) is 25.7 Å². The Morgan fingerprint density at radius 3 is 1.85 bits per heavy atom. The number of carboxylic acid groups (broad SMARTS) is 1. The number of hydrogen-bond acceptors (Lipinski definition) is 9. The van der Waals surface area contributed by atoms with Crippen molar-refractivity contribution >= 4 is 46.4 Å². The highest BCUT2D eigenvalue weighted by molar-refractivity contribution is 5.97. The van der Waals surface area contributed by atoms with Crippen molar-refractivity contribution in [3.8, 4) is 0 Å². The molecule has 0 aliphatic carbocycles. The Morgan fingerprint density at radius 1 is 0.695 bits per heavy atom. The number of carboxylic acids is 1. The molecule has 0 radical (unpaired) electrons. The number of aromatic nitrogens is 1. The molecule has 0 saturated heterocycles. The smallest absolute Gasteiger partial charge is 0.326 e. The number of carbonyl (C=O) groups excluding carboxylic acids is 5. The average Bonchev–Trinajstić information content (AvgIpc) is 3.63. The largest absolute Gasteiger partial charge is 0.480 e. The number of nitrogens with zero attached hydrogens (tertiary/aromatic N) is 1. The van der Waals surface area contributed by atoms with Gasteiger partial charge in [0.25, 0.3) is 0 Å². The minimum atomic E-state index is -1.57. The third-order valence-corrected chi connectivity index (χ3v) is 10.1. The van der Waals surface area contributed by atoms with Gasteiger partial charge in [-0.25, -0.2) is 4.79 Å². The molecule has 0 aliphatic heterocycles. The molecular weight excluding hydrogens is 757 g/mol. The number of aromatic amines is 1. The van der Waals surface area contributed by atoms with Crippen molar-refractivity contribution in [2.75, 3.05) is 13.6 Å². The van der Waals surface area contributed by atoms with E-state index < -0.39 is 77.9 Å². The van der Waals surface area contributed by atoms with Crippen molar-refractivity contribution < 1.29 is 39.0 Å². The van der Waals surface area contributed by atoms with Crippen LogP contribution < -0.4 is 32.7 Å². The first-order valence-corrected chi connectivity index (χ1v) is 19.7. The Labute approximate surface area is 343 Å². The molecule has 0 saturated carbocycles. The SMILES string of the molecule is C[C@H](O)[C@@H](NC(=O)[C@@H](Cc1ccccc1)N(C)C(=O)[C@@H](C)N)C(=O)N[C@H](CCCCN)C(=O)N[C@@H](Cc1c[nH]c2ccccc12)C(=O)N[C@H](Cc1ccccc1)C(=O)O. The lowest BCUT2D eigenvalue weighted by Crippen LogP contribution is -2.61. The number of benzene rings is 3. The predicted molar refractivity (Wildman–Crippen MR) is 222 cm³/mol. The molecule has 4 rings (SSSR count). The second-order valence-electron chi connectivity index (χ2n) is 14.7. The van der Waals surface area contributed by atoms with Crippen LogP contribution in [0.5, 0.6) is 0 Å². The van der Waals surface area contributed by atoms with E-state index in [1.807, 2.05) is 24.3 Å². The van der Waals surface area contributed by atoms with E-state index in [4.69, 9.17) is 11.5 Å². The van der Waals surface area contributed by atoms with Gasteiger partial charge in [-0.1, -0.05) is 78.9 Å². The van der Waals surface area contributed by atoms with Gasteiger partial charge in [-0.3, -0.25) is 24.0 Å². The van der Waals surface area contributed by atoms with Gasteiger partial charge in [-0.2, -0.15) is 0 Å². The summed E-state index contributed by atoms with van der Waals surface area (Å²) in [4.78, 5) is 85.6. The van der Waals surface area contributed by atoms with Crippen LogP contribution in [-0.2, 0) is 48.0 Å². The van der Waals surface area contributed by atoms with Gasteiger partial charge in [-0.15, -0.1) is 0 Å². The first-order valence-electron chi connectivity index (χ1n) is 19.7. The number of H-pyrrole nitrogens is 1. The van der Waals surface area contributed by atoms with E-state index in [1.165, 1.54) is 25.8 Å². The summed E-state index contributed by atoms with van der Waals surface area (Å²) < 4.78 is 0. The lowest BCUT2D eigenvalue weighted by molar-refractivity contribution is -0.142. The number of likely N-dealkylation sites (N-methyl/N-ethyl adjacent to an activating group) is 1. The molecule has 316 valence electrons. The Hall–Kier alpha value is -6.10. The maximum atomic E-state index is 14.2. The van der Waals surface area contributed by atoms with Crippen LogP contribution in [0.4, 0.5) is 0 Å². The van der Waals surface area contributed by atoms with Gasteiger partial charge in [0.2, 0.25) is 29.5 Å². The first-order chi connectivity index (χ1) is 28.2. The lowest BCUT2D eigenvalue weighted by Gasteiger charge is -2.31. The Balaban J connectivity index is 1.59. The summed E-state index contributed by atoms with van der Waals surface area (Å²) in [5.41, 5.74) is 14.5. The molecule has 59 heavy (non-hydrogen) atoms. The van der Waals surface area contributed by atoms with Gasteiger partial charge in [-0.05, 0) is 62.4 Å². The van der Waals surface area contributed by atoms with Crippen LogP contribution >= 0.6 is 0 Å². The molecule has 0 spiro atoms. The molecule has 3 aromatic carbocycles. The zero-order chi connectivity index (χ0) is 43.1. The fraction of sp³-hybridized carbons (Fsp3) is 0.395. The number of aliphatic hydroxyl groups is 1. The van der Waals surface area contributed by atoms with Crippen molar-refractivity contribution in [2.45, 2.75) is 94.7 Å². The molecular formula is C43H56N8O8. The predicted octanol–water partition coefficient (Wildman–Crippen LogP) is 0.904. The maximum absolute atomic E-state index is 14.2. The zero-order valence-corrected chi connectivity index (χ0v) is 33.6. The molecule has 16 nitrogen and oxygen atoms in total. The standard InChI is InChI=1S/C43H56N8O8/c1-26(45)42(57)51(3)36(23-29-16-8-5-9-17-29)40(55)50-37(27(2)52)41(56)47-33(20-12-13-21-44)38(53)48-34(24-30-25-46-32-19-11-10-18-31(30)32)39(54)49-35(43(58)59)22-28-14-6-4-7-15-28/h4-11,14-19,25-27,33-37,46,52H,12-13,20-24,44-45H2,1-3H3,(H,47,56)(H,48,53)(H,49,54)(H,50,55)(H,58,59)/t26-,27+,33-,34+,35-,36-,37-/m1/s1. The Morgan fingerprint density at radius 2 is 1.25 bits per heavy atom. The molecule has 1 heterocycles. The minimum Gasteiger partial charge on any atom is -0.480 e. The number of aliphatic carboxylic acids is 1. The molecule has 0 fully saturated rings. The van der Waals surface area contributed by atoms with E-state index in [9.17, 15) is 39.0 Å². The van der Waals surface area contributed by atoms with Crippen LogP contribution in [0.2, 0.25) is 0 Å². The van der Waals surface area contributed by atoms with Crippen LogP contribution in [-0.4, -0.2) is 112 Å². The maximum Gasteiger partial charge on any atom is 0.326 e. The summed E-state index contributed by atoms with van der Waals surface area (Å²) >= 11 is 0. The van der Waals surface area contributed by atoms with E-state index in [0.29, 0.717) is 30.5 Å². The number of nitrogens with two attached hydrogens (primary N) is 2. The normalized spacial score (nSPS) is 14.7. The topological polar surface area (TPSA) is 262 Å². The number of fused-ring (bicyclic) bond motifs is 1. The molecule has 0 unspecified atom stereocenters. The van der Waals surface area contributed by atoms with Gasteiger partial charge in [0.1, 0.15) is 30.2 Å². The van der Waals surface area contributed by atoms with Gasteiger partial charge in [0, 0.05) is 43.4 Å². The van der Waals surface area contributed by atoms with Crippen molar-refractivity contribution in [3.63, 3.8) is 0 Å². The van der Waals surface area contributed by atoms with Gasteiger partial charge < -0.3 is 52.8 Å². The first kappa shape index (κ1) is 45.6. The lowest BCUT2D eigenvalue weighted by atomic mass is 10.0. The third-order valence-electron chi connectivity index (χ3n) is 10.1. The van der Waals surface area contributed by atoms with Crippen molar-refractivity contribution in [3.05, 3.63) is 108 Å². The third kappa shape index (κ3) is 13.2. The summed E-state index contributed by atoms with van der Waals surface area (Å²) in [6, 6.07) is 17.6. The fourth-order valence-corrected chi connectivity index (χ4v) is 6.72. The van der Waals surface area contributed by atoms with Crippen LogP contribution in [0.1, 0.15) is 49.8 Å². The van der Waals surface area contributed by atoms with E-state index >= 15 is 0 Å². The molecule has 0 aliphatic rings. The zero-order valence-electron chi connectivity index (χ0n) is 33.6. The summed E-state index contributed by atoms with van der Waals surface area (Å²) in [5.74, 6) is -4.94. The highest BCUT2D eigenvalue weighted by Gasteiger charge is 2.36. The van der Waals surface area contributed by atoms with E-state index in [1.54, 1.807) is 66.9 Å². The number of unbranched alkanes of at least 4 members (excludes halogenated alkanes) is 1. The number of nitrogens with one attached hydrogen (secondary N) is 5. The van der Waals surface area contributed by atoms with Crippen molar-refractivity contribution in [2.24, 2.45) is 11.5 Å². The van der Waals surface area contributed by atoms with E-state index in [0.717, 1.165) is 16.5 Å². The van der Waals surface area contributed by atoms with E-state index in [2.05, 4.69) is 26.3 Å². The summed E-state index contributed by atoms with van der Waals surface area (Å²) in [6.07, 6.45) is 1.25. The molecule has 0 bridgehead atoms. The van der Waals surface area contributed by atoms with Crippen molar-refractivity contribution in [1.82, 2.24) is 31.2 Å². The number of aliphatic hydroxyl groups excluding tert-OH is 1. The second-order valence-corrected chi connectivity index (χ2v) is 14.7. The molecule has 4 aromatic rings. The molecule has 5 amide bonds. The number of hydrogen-bond donors (Lipinski definition) is 9. The van der Waals surface area contributed by atoms with Gasteiger partial charge >= 0.3 is 5.97 Å². The Kier molecular flexibility index (Phi) is 17.1. The van der Waals surface area contributed by atoms with Crippen LogP contribution in [0.3, 0.4) is 0 Å². The van der Waals surface area contributed by atoms with Crippen molar-refractivity contribution in [1.29, 1.82) is 0 Å². The number of amides is 5. The van der Waals surface area contributed by atoms with Gasteiger partial charge in [0.05, 0.1) is 12.1 Å². The second kappa shape index (κ2) is 22.2. The number of rotatable bonds is 22. The monoisotopic (exact) mass is 812 g/mol. The highest BCUT2D eigenvalue weighted by Crippen LogP contribution is 2.20. The quantitative estimate of drug-likeness (QED) is 0.0507.